The first-order valence-electron chi connectivity index (χ1n) is 6.74. The molecule has 19 heavy (non-hydrogen) atoms. The molecule has 2 nitrogen and oxygen atoms in total. The normalized spacial score (nSPS) is 13.7. The summed E-state index contributed by atoms with van der Waals surface area (Å²) in [4.78, 5) is 14.1. The van der Waals surface area contributed by atoms with Crippen molar-refractivity contribution in [3.05, 3.63) is 65.2 Å². The Morgan fingerprint density at radius 2 is 1.84 bits per heavy atom. The lowest BCUT2D eigenvalue weighted by Gasteiger charge is -2.17. The molecule has 0 unspecified atom stereocenters. The molecule has 1 heterocycles. The molecule has 0 atom stereocenters. The standard InChI is InChI=1S/C17H17NO/c1-2-13-8-9-16-15(10-13)11-17(19)18(16)12-14-6-4-3-5-7-14/h3-10H,2,11-12H2,1H3. The molecule has 96 valence electrons. The van der Waals surface area contributed by atoms with Crippen LogP contribution in [-0.2, 0) is 24.2 Å². The minimum absolute atomic E-state index is 0.201. The van der Waals surface area contributed by atoms with E-state index in [-0.39, 0.29) is 5.91 Å². The Morgan fingerprint density at radius 1 is 1.05 bits per heavy atom. The molecule has 0 aromatic heterocycles. The van der Waals surface area contributed by atoms with Gasteiger partial charge in [-0.15, -0.1) is 0 Å². The Labute approximate surface area is 113 Å². The van der Waals surface area contributed by atoms with Crippen molar-refractivity contribution in [2.45, 2.75) is 26.3 Å². The van der Waals surface area contributed by atoms with Crippen LogP contribution < -0.4 is 4.90 Å². The summed E-state index contributed by atoms with van der Waals surface area (Å²) >= 11 is 0. The van der Waals surface area contributed by atoms with Crippen molar-refractivity contribution >= 4 is 11.6 Å². The summed E-state index contributed by atoms with van der Waals surface area (Å²) in [5.41, 5.74) is 4.71. The smallest absolute Gasteiger partial charge is 0.231 e. The molecule has 0 bridgehead atoms. The van der Waals surface area contributed by atoms with Crippen LogP contribution >= 0.6 is 0 Å². The second-order valence-electron chi connectivity index (χ2n) is 4.96. The van der Waals surface area contributed by atoms with Crippen molar-refractivity contribution < 1.29 is 4.79 Å². The van der Waals surface area contributed by atoms with E-state index in [0.29, 0.717) is 13.0 Å². The maximum atomic E-state index is 12.2. The van der Waals surface area contributed by atoms with Gasteiger partial charge in [0.15, 0.2) is 0 Å². The number of hydrogen-bond donors (Lipinski definition) is 0. The highest BCUT2D eigenvalue weighted by atomic mass is 16.2. The number of carbonyl (C=O) groups excluding carboxylic acids is 1. The molecule has 3 rings (SSSR count). The number of hydrogen-bond acceptors (Lipinski definition) is 1. The SMILES string of the molecule is CCc1ccc2c(c1)CC(=O)N2Cc1ccccc1. The summed E-state index contributed by atoms with van der Waals surface area (Å²) in [6, 6.07) is 16.5. The van der Waals surface area contributed by atoms with Gasteiger partial charge in [0, 0.05) is 5.69 Å². The molecule has 2 aromatic carbocycles. The van der Waals surface area contributed by atoms with Gasteiger partial charge in [0.05, 0.1) is 13.0 Å². The van der Waals surface area contributed by atoms with E-state index in [2.05, 4.69) is 37.3 Å². The minimum atomic E-state index is 0.201. The molecule has 1 amide bonds. The molecular weight excluding hydrogens is 234 g/mol. The van der Waals surface area contributed by atoms with Gasteiger partial charge in [0.1, 0.15) is 0 Å². The summed E-state index contributed by atoms with van der Waals surface area (Å²) in [5.74, 6) is 0.201. The number of fused-ring (bicyclic) bond motifs is 1. The predicted molar refractivity (Wildman–Crippen MR) is 77.2 cm³/mol. The first kappa shape index (κ1) is 12.0. The molecule has 1 aliphatic rings. The third-order valence-corrected chi connectivity index (χ3v) is 3.67. The van der Waals surface area contributed by atoms with Gasteiger partial charge in [-0.2, -0.15) is 0 Å². The van der Waals surface area contributed by atoms with Gasteiger partial charge in [-0.1, -0.05) is 49.4 Å². The number of amides is 1. The molecule has 0 fully saturated rings. The predicted octanol–water partition coefficient (Wildman–Crippen LogP) is 3.34. The Hall–Kier alpha value is -2.09. The number of aryl methyl sites for hydroxylation is 1. The average molecular weight is 251 g/mol. The number of anilines is 1. The van der Waals surface area contributed by atoms with Crippen LogP contribution in [0.3, 0.4) is 0 Å². The van der Waals surface area contributed by atoms with Crippen LogP contribution in [0.4, 0.5) is 5.69 Å². The second-order valence-corrected chi connectivity index (χ2v) is 4.96. The zero-order valence-corrected chi connectivity index (χ0v) is 11.1. The van der Waals surface area contributed by atoms with Crippen molar-refractivity contribution in [2.24, 2.45) is 0 Å². The molecule has 2 aromatic rings. The average Bonchev–Trinajstić information content (AvgIpc) is 2.75. The van der Waals surface area contributed by atoms with E-state index < -0.39 is 0 Å². The van der Waals surface area contributed by atoms with Gasteiger partial charge in [0.2, 0.25) is 5.91 Å². The topological polar surface area (TPSA) is 20.3 Å². The van der Waals surface area contributed by atoms with Crippen LogP contribution in [0.2, 0.25) is 0 Å². The summed E-state index contributed by atoms with van der Waals surface area (Å²) in [7, 11) is 0. The van der Waals surface area contributed by atoms with Crippen molar-refractivity contribution in [1.29, 1.82) is 0 Å². The zero-order chi connectivity index (χ0) is 13.2. The highest BCUT2D eigenvalue weighted by Crippen LogP contribution is 2.31. The van der Waals surface area contributed by atoms with Gasteiger partial charge in [-0.05, 0) is 29.2 Å². The first-order valence-corrected chi connectivity index (χ1v) is 6.74. The fraction of sp³-hybridized carbons (Fsp3) is 0.235. The lowest BCUT2D eigenvalue weighted by atomic mass is 10.1. The van der Waals surface area contributed by atoms with Gasteiger partial charge in [-0.3, -0.25) is 4.79 Å². The summed E-state index contributed by atoms with van der Waals surface area (Å²) in [6.45, 7) is 2.80. The molecule has 0 radical (unpaired) electrons. The minimum Gasteiger partial charge on any atom is -0.307 e. The summed E-state index contributed by atoms with van der Waals surface area (Å²) in [5, 5.41) is 0. The van der Waals surface area contributed by atoms with Crippen molar-refractivity contribution in [3.8, 4) is 0 Å². The fourth-order valence-corrected chi connectivity index (χ4v) is 2.60. The number of rotatable bonds is 3. The van der Waals surface area contributed by atoms with E-state index in [0.717, 1.165) is 12.1 Å². The van der Waals surface area contributed by atoms with E-state index in [1.807, 2.05) is 23.1 Å². The highest BCUT2D eigenvalue weighted by molar-refractivity contribution is 6.01. The molecule has 0 saturated carbocycles. The highest BCUT2D eigenvalue weighted by Gasteiger charge is 2.27. The van der Waals surface area contributed by atoms with Gasteiger partial charge >= 0.3 is 0 Å². The third kappa shape index (κ3) is 2.26. The van der Waals surface area contributed by atoms with Crippen LogP contribution in [0.5, 0.6) is 0 Å². The number of benzene rings is 2. The quantitative estimate of drug-likeness (QED) is 0.819. The van der Waals surface area contributed by atoms with E-state index in [1.54, 1.807) is 0 Å². The van der Waals surface area contributed by atoms with Gasteiger partial charge in [-0.25, -0.2) is 0 Å². The molecule has 0 saturated heterocycles. The second kappa shape index (κ2) is 4.88. The Kier molecular flexibility index (Phi) is 3.08. The van der Waals surface area contributed by atoms with Crippen molar-refractivity contribution in [2.75, 3.05) is 4.90 Å². The van der Waals surface area contributed by atoms with E-state index in [4.69, 9.17) is 0 Å². The Balaban J connectivity index is 1.90. The number of nitrogens with zero attached hydrogens (tertiary/aromatic N) is 1. The maximum Gasteiger partial charge on any atom is 0.231 e. The Morgan fingerprint density at radius 3 is 2.58 bits per heavy atom. The molecular formula is C17H17NO. The van der Waals surface area contributed by atoms with Crippen LogP contribution in [-0.4, -0.2) is 5.91 Å². The molecule has 0 N–H and O–H groups in total. The van der Waals surface area contributed by atoms with Gasteiger partial charge in [0.25, 0.3) is 0 Å². The lowest BCUT2D eigenvalue weighted by Crippen LogP contribution is -2.25. The molecule has 1 aliphatic heterocycles. The van der Waals surface area contributed by atoms with Crippen molar-refractivity contribution in [1.82, 2.24) is 0 Å². The zero-order valence-electron chi connectivity index (χ0n) is 11.1. The molecule has 2 heteroatoms. The molecule has 0 spiro atoms. The Bertz CT molecular complexity index is 604. The van der Waals surface area contributed by atoms with Crippen LogP contribution in [0.15, 0.2) is 48.5 Å². The number of carbonyl (C=O) groups is 1. The third-order valence-electron chi connectivity index (χ3n) is 3.67. The summed E-state index contributed by atoms with van der Waals surface area (Å²) < 4.78 is 0. The van der Waals surface area contributed by atoms with E-state index in [1.165, 1.54) is 16.7 Å². The van der Waals surface area contributed by atoms with Gasteiger partial charge < -0.3 is 4.90 Å². The van der Waals surface area contributed by atoms with Crippen LogP contribution in [0, 0.1) is 0 Å². The van der Waals surface area contributed by atoms with Crippen LogP contribution in [0.1, 0.15) is 23.6 Å². The monoisotopic (exact) mass is 251 g/mol. The first-order chi connectivity index (χ1) is 9.28. The van der Waals surface area contributed by atoms with E-state index >= 15 is 0 Å². The maximum absolute atomic E-state index is 12.2. The van der Waals surface area contributed by atoms with Crippen molar-refractivity contribution in [3.63, 3.8) is 0 Å². The van der Waals surface area contributed by atoms with Crippen LogP contribution in [0.25, 0.3) is 0 Å². The lowest BCUT2D eigenvalue weighted by molar-refractivity contribution is -0.117. The summed E-state index contributed by atoms with van der Waals surface area (Å²) in [6.07, 6.45) is 1.55. The van der Waals surface area contributed by atoms with E-state index in [9.17, 15) is 4.79 Å². The fourth-order valence-electron chi connectivity index (χ4n) is 2.60. The molecule has 0 aliphatic carbocycles. The largest absolute Gasteiger partial charge is 0.307 e.